The molecule has 3 aromatic rings. The van der Waals surface area contributed by atoms with Crippen LogP contribution in [0.15, 0.2) is 55.3 Å². The predicted octanol–water partition coefficient (Wildman–Crippen LogP) is 1.91. The molecule has 25 heavy (non-hydrogen) atoms. The fourth-order valence-corrected chi connectivity index (χ4v) is 3.53. The van der Waals surface area contributed by atoms with Crippen molar-refractivity contribution in [2.75, 3.05) is 4.72 Å². The molecule has 0 bridgehead atoms. The summed E-state index contributed by atoms with van der Waals surface area (Å²) in [5, 5.41) is 0.0186. The van der Waals surface area contributed by atoms with Gasteiger partial charge in [-0.2, -0.15) is 0 Å². The van der Waals surface area contributed by atoms with Crippen LogP contribution in [0.4, 0.5) is 5.69 Å². The number of sulfonamides is 1. The van der Waals surface area contributed by atoms with Crippen LogP contribution in [0.5, 0.6) is 0 Å². The molecule has 130 valence electrons. The minimum absolute atomic E-state index is 0.0186. The van der Waals surface area contributed by atoms with E-state index in [9.17, 15) is 18.0 Å². The van der Waals surface area contributed by atoms with Crippen molar-refractivity contribution in [1.82, 2.24) is 4.57 Å². The number of aryl methyl sites for hydroxylation is 3. The molecular weight excluding hydrogens is 344 g/mol. The Balaban J connectivity index is 2.10. The Morgan fingerprint density at radius 1 is 1.00 bits per heavy atom. The summed E-state index contributed by atoms with van der Waals surface area (Å²) in [6, 6.07) is 9.15. The van der Waals surface area contributed by atoms with Gasteiger partial charge in [-0.3, -0.25) is 9.29 Å². The summed E-state index contributed by atoms with van der Waals surface area (Å²) < 4.78 is 33.4. The standard InChI is InChI=1S/C17H16N2O5S/c1-10-4-5-12(8-11(10)2)18-25(22,23)13-6-7-15-14(9-13)16(20)24-17(21)19(15)3/h4-9,18H,1-3H3. The Labute approximate surface area is 143 Å². The Bertz CT molecular complexity index is 1210. The third-order valence-electron chi connectivity index (χ3n) is 4.07. The molecule has 0 aliphatic carbocycles. The average molecular weight is 360 g/mol. The fraction of sp³-hybridized carbons (Fsp3) is 0.176. The van der Waals surface area contributed by atoms with Crippen LogP contribution in [-0.4, -0.2) is 13.0 Å². The Morgan fingerprint density at radius 3 is 2.40 bits per heavy atom. The smallest absolute Gasteiger partial charge is 0.372 e. The molecule has 3 rings (SSSR count). The number of nitrogens with one attached hydrogen (secondary N) is 1. The summed E-state index contributed by atoms with van der Waals surface area (Å²) in [6.07, 6.45) is 0. The van der Waals surface area contributed by atoms with E-state index in [1.54, 1.807) is 12.1 Å². The van der Waals surface area contributed by atoms with Crippen LogP contribution in [0.2, 0.25) is 0 Å². The van der Waals surface area contributed by atoms with Crippen LogP contribution in [0.1, 0.15) is 11.1 Å². The van der Waals surface area contributed by atoms with E-state index in [1.807, 2.05) is 19.9 Å². The number of fused-ring (bicyclic) bond motifs is 1. The molecule has 0 unspecified atom stereocenters. The van der Waals surface area contributed by atoms with Gasteiger partial charge in [0.15, 0.2) is 0 Å². The number of nitrogens with zero attached hydrogens (tertiary/aromatic N) is 1. The quantitative estimate of drug-likeness (QED) is 0.769. The first-order valence-corrected chi connectivity index (χ1v) is 8.91. The summed E-state index contributed by atoms with van der Waals surface area (Å²) in [6.45, 7) is 3.81. The van der Waals surface area contributed by atoms with E-state index in [2.05, 4.69) is 9.14 Å². The first-order valence-electron chi connectivity index (χ1n) is 7.43. The van der Waals surface area contributed by atoms with Crippen LogP contribution < -0.4 is 16.1 Å². The second kappa shape index (κ2) is 5.89. The molecule has 0 radical (unpaired) electrons. The van der Waals surface area contributed by atoms with Gasteiger partial charge < -0.3 is 4.42 Å². The third kappa shape index (κ3) is 3.08. The van der Waals surface area contributed by atoms with Gasteiger partial charge >= 0.3 is 11.4 Å². The van der Waals surface area contributed by atoms with E-state index in [0.29, 0.717) is 11.2 Å². The van der Waals surface area contributed by atoms with Crippen LogP contribution in [0.3, 0.4) is 0 Å². The minimum Gasteiger partial charge on any atom is -0.372 e. The zero-order valence-corrected chi connectivity index (χ0v) is 14.7. The van der Waals surface area contributed by atoms with E-state index in [4.69, 9.17) is 0 Å². The predicted molar refractivity (Wildman–Crippen MR) is 94.4 cm³/mol. The molecule has 2 aromatic carbocycles. The van der Waals surface area contributed by atoms with Crippen LogP contribution in [-0.2, 0) is 17.1 Å². The van der Waals surface area contributed by atoms with Crippen molar-refractivity contribution in [3.05, 3.63) is 68.5 Å². The van der Waals surface area contributed by atoms with Crippen molar-refractivity contribution in [2.45, 2.75) is 18.7 Å². The maximum atomic E-state index is 12.6. The van der Waals surface area contributed by atoms with E-state index in [1.165, 1.54) is 25.2 Å². The average Bonchev–Trinajstić information content (AvgIpc) is 2.55. The SMILES string of the molecule is Cc1ccc(NS(=O)(=O)c2ccc3c(c2)c(=O)oc(=O)n3C)cc1C. The normalized spacial score (nSPS) is 11.6. The number of hydrogen-bond acceptors (Lipinski definition) is 5. The lowest BCUT2D eigenvalue weighted by Crippen LogP contribution is -2.23. The van der Waals surface area contributed by atoms with Gasteiger partial charge in [0, 0.05) is 12.7 Å². The van der Waals surface area contributed by atoms with Crippen LogP contribution in [0.25, 0.3) is 10.9 Å². The largest absolute Gasteiger partial charge is 0.422 e. The molecule has 0 aliphatic rings. The number of anilines is 1. The fourth-order valence-electron chi connectivity index (χ4n) is 2.46. The lowest BCUT2D eigenvalue weighted by atomic mass is 10.1. The topological polar surface area (TPSA) is 98.4 Å². The maximum absolute atomic E-state index is 12.6. The van der Waals surface area contributed by atoms with Gasteiger partial charge in [-0.25, -0.2) is 18.0 Å². The summed E-state index contributed by atoms with van der Waals surface area (Å²) >= 11 is 0. The van der Waals surface area contributed by atoms with Crippen molar-refractivity contribution < 1.29 is 12.8 Å². The number of benzene rings is 2. The first-order chi connectivity index (χ1) is 11.7. The van der Waals surface area contributed by atoms with Gasteiger partial charge in [-0.1, -0.05) is 6.07 Å². The number of hydrogen-bond donors (Lipinski definition) is 1. The van der Waals surface area contributed by atoms with E-state index in [-0.39, 0.29) is 10.3 Å². The first kappa shape index (κ1) is 17.0. The van der Waals surface area contributed by atoms with Crippen molar-refractivity contribution in [1.29, 1.82) is 0 Å². The summed E-state index contributed by atoms with van der Waals surface area (Å²) in [5.41, 5.74) is 1.85. The van der Waals surface area contributed by atoms with Crippen molar-refractivity contribution >= 4 is 26.6 Å². The molecular formula is C17H16N2O5S. The zero-order valence-electron chi connectivity index (χ0n) is 13.9. The van der Waals surface area contributed by atoms with E-state index in [0.717, 1.165) is 15.7 Å². The summed E-state index contributed by atoms with van der Waals surface area (Å²) in [7, 11) is -2.45. The Kier molecular flexibility index (Phi) is 4.00. The highest BCUT2D eigenvalue weighted by Crippen LogP contribution is 2.21. The van der Waals surface area contributed by atoms with Gasteiger partial charge in [-0.05, 0) is 55.3 Å². The second-order valence-electron chi connectivity index (χ2n) is 5.80. The van der Waals surface area contributed by atoms with Crippen LogP contribution >= 0.6 is 0 Å². The highest BCUT2D eigenvalue weighted by molar-refractivity contribution is 7.92. The molecule has 1 aromatic heterocycles. The third-order valence-corrected chi connectivity index (χ3v) is 5.45. The van der Waals surface area contributed by atoms with Crippen molar-refractivity contribution in [2.24, 2.45) is 7.05 Å². The molecule has 7 nitrogen and oxygen atoms in total. The molecule has 0 saturated heterocycles. The Hall–Kier alpha value is -2.87. The van der Waals surface area contributed by atoms with Crippen molar-refractivity contribution in [3.63, 3.8) is 0 Å². The van der Waals surface area contributed by atoms with Gasteiger partial charge in [0.25, 0.3) is 10.0 Å². The molecule has 0 spiro atoms. The molecule has 0 amide bonds. The second-order valence-corrected chi connectivity index (χ2v) is 7.48. The maximum Gasteiger partial charge on any atom is 0.422 e. The lowest BCUT2D eigenvalue weighted by Gasteiger charge is -2.11. The molecule has 1 N–H and O–H groups in total. The zero-order chi connectivity index (χ0) is 18.4. The van der Waals surface area contributed by atoms with Gasteiger partial charge in [0.05, 0.1) is 15.8 Å². The van der Waals surface area contributed by atoms with E-state index < -0.39 is 21.4 Å². The summed E-state index contributed by atoms with van der Waals surface area (Å²) in [4.78, 5) is 23.3. The number of rotatable bonds is 3. The molecule has 0 saturated carbocycles. The number of aromatic nitrogens is 1. The molecule has 8 heteroatoms. The van der Waals surface area contributed by atoms with Gasteiger partial charge in [-0.15, -0.1) is 0 Å². The van der Waals surface area contributed by atoms with Crippen molar-refractivity contribution in [3.8, 4) is 0 Å². The lowest BCUT2D eigenvalue weighted by molar-refractivity contribution is 0.432. The Morgan fingerprint density at radius 2 is 1.72 bits per heavy atom. The van der Waals surface area contributed by atoms with Gasteiger partial charge in [0.2, 0.25) is 0 Å². The van der Waals surface area contributed by atoms with E-state index >= 15 is 0 Å². The highest BCUT2D eigenvalue weighted by Gasteiger charge is 2.17. The van der Waals surface area contributed by atoms with Gasteiger partial charge in [0.1, 0.15) is 0 Å². The summed E-state index contributed by atoms with van der Waals surface area (Å²) in [5.74, 6) is -0.804. The monoisotopic (exact) mass is 360 g/mol. The molecule has 0 atom stereocenters. The molecule has 1 heterocycles. The molecule has 0 aliphatic heterocycles. The minimum atomic E-state index is -3.89. The molecule has 0 fully saturated rings. The highest BCUT2D eigenvalue weighted by atomic mass is 32.2. The van der Waals surface area contributed by atoms with Crippen LogP contribution in [0, 0.1) is 13.8 Å².